The van der Waals surface area contributed by atoms with E-state index >= 15 is 0 Å². The maximum atomic E-state index is 12.9. The summed E-state index contributed by atoms with van der Waals surface area (Å²) in [6.45, 7) is 4.77. The second kappa shape index (κ2) is 7.45. The fourth-order valence-electron chi connectivity index (χ4n) is 2.61. The number of methoxy groups -OCH3 is 1. The number of benzene rings is 2. The zero-order valence-corrected chi connectivity index (χ0v) is 16.7. The van der Waals surface area contributed by atoms with Gasteiger partial charge in [-0.15, -0.1) is 0 Å². The summed E-state index contributed by atoms with van der Waals surface area (Å²) in [7, 11) is -2.36. The Labute approximate surface area is 155 Å². The number of aryl methyl sites for hydroxylation is 2. The number of carbonyl (C=O) groups is 1. The van der Waals surface area contributed by atoms with E-state index in [4.69, 9.17) is 4.74 Å². The van der Waals surface area contributed by atoms with Crippen LogP contribution in [0.25, 0.3) is 0 Å². The highest BCUT2D eigenvalue weighted by molar-refractivity contribution is 9.10. The molecular formula is C17H19BrN2O4S. The van der Waals surface area contributed by atoms with Gasteiger partial charge in [0.1, 0.15) is 5.75 Å². The summed E-state index contributed by atoms with van der Waals surface area (Å²) < 4.78 is 34.3. The average molecular weight is 427 g/mol. The Morgan fingerprint density at radius 1 is 1.12 bits per heavy atom. The van der Waals surface area contributed by atoms with Crippen LogP contribution in [0.15, 0.2) is 39.7 Å². The normalized spacial score (nSPS) is 11.1. The molecule has 0 atom stereocenters. The first-order valence-corrected chi connectivity index (χ1v) is 9.67. The van der Waals surface area contributed by atoms with E-state index in [1.165, 1.54) is 14.0 Å². The SMILES string of the molecule is COc1ccc(Br)cc1NS(=O)(=O)c1c(C)cc(NC(C)=O)cc1C. The second-order valence-electron chi connectivity index (χ2n) is 5.57. The Morgan fingerprint density at radius 2 is 1.72 bits per heavy atom. The molecule has 2 aromatic rings. The summed E-state index contributed by atoms with van der Waals surface area (Å²) >= 11 is 3.32. The van der Waals surface area contributed by atoms with Gasteiger partial charge in [-0.1, -0.05) is 15.9 Å². The van der Waals surface area contributed by atoms with Crippen molar-refractivity contribution in [2.24, 2.45) is 0 Å². The minimum Gasteiger partial charge on any atom is -0.495 e. The Bertz CT molecular complexity index is 903. The van der Waals surface area contributed by atoms with Crippen molar-refractivity contribution in [2.45, 2.75) is 25.7 Å². The van der Waals surface area contributed by atoms with Crippen molar-refractivity contribution in [3.63, 3.8) is 0 Å². The molecule has 0 fully saturated rings. The Hall–Kier alpha value is -2.06. The largest absolute Gasteiger partial charge is 0.495 e. The van der Waals surface area contributed by atoms with Crippen LogP contribution in [0.1, 0.15) is 18.1 Å². The quantitative estimate of drug-likeness (QED) is 0.760. The van der Waals surface area contributed by atoms with Crippen LogP contribution in [0, 0.1) is 13.8 Å². The molecule has 0 aliphatic carbocycles. The minimum absolute atomic E-state index is 0.170. The van der Waals surface area contributed by atoms with Gasteiger partial charge < -0.3 is 10.1 Å². The lowest BCUT2D eigenvalue weighted by Gasteiger charge is -2.16. The van der Waals surface area contributed by atoms with Crippen molar-refractivity contribution in [3.8, 4) is 5.75 Å². The van der Waals surface area contributed by atoms with Crippen molar-refractivity contribution in [3.05, 3.63) is 45.9 Å². The molecule has 1 amide bonds. The first-order chi connectivity index (χ1) is 11.6. The van der Waals surface area contributed by atoms with Gasteiger partial charge in [0.15, 0.2) is 0 Å². The zero-order valence-electron chi connectivity index (χ0n) is 14.3. The highest BCUT2D eigenvalue weighted by atomic mass is 79.9. The summed E-state index contributed by atoms with van der Waals surface area (Å²) in [6.07, 6.45) is 0. The van der Waals surface area contributed by atoms with Crippen molar-refractivity contribution in [1.29, 1.82) is 0 Å². The van der Waals surface area contributed by atoms with Crippen LogP contribution in [-0.4, -0.2) is 21.4 Å². The number of sulfonamides is 1. The molecule has 0 heterocycles. The fourth-order valence-corrected chi connectivity index (χ4v) is 4.48. The molecule has 0 aliphatic rings. The van der Waals surface area contributed by atoms with E-state index in [-0.39, 0.29) is 10.8 Å². The molecule has 2 aromatic carbocycles. The Kier molecular flexibility index (Phi) is 5.74. The van der Waals surface area contributed by atoms with E-state index in [0.717, 1.165) is 4.47 Å². The fraction of sp³-hybridized carbons (Fsp3) is 0.235. The van der Waals surface area contributed by atoms with Crippen LogP contribution in [0.2, 0.25) is 0 Å². The lowest BCUT2D eigenvalue weighted by atomic mass is 10.1. The molecule has 0 aromatic heterocycles. The summed E-state index contributed by atoms with van der Waals surface area (Å²) in [6, 6.07) is 8.31. The average Bonchev–Trinajstić information content (AvgIpc) is 2.45. The molecule has 25 heavy (non-hydrogen) atoms. The molecule has 0 bridgehead atoms. The van der Waals surface area contributed by atoms with Gasteiger partial charge in [-0.05, 0) is 55.3 Å². The highest BCUT2D eigenvalue weighted by Crippen LogP contribution is 2.32. The molecule has 2 N–H and O–H groups in total. The smallest absolute Gasteiger partial charge is 0.262 e. The van der Waals surface area contributed by atoms with Gasteiger partial charge in [0.05, 0.1) is 17.7 Å². The molecule has 2 rings (SSSR count). The molecule has 0 unspecified atom stereocenters. The van der Waals surface area contributed by atoms with Gasteiger partial charge in [0, 0.05) is 17.1 Å². The number of amides is 1. The van der Waals surface area contributed by atoms with Gasteiger partial charge in [0.2, 0.25) is 5.91 Å². The van der Waals surface area contributed by atoms with Crippen molar-refractivity contribution >= 4 is 43.2 Å². The summed E-state index contributed by atoms with van der Waals surface area (Å²) in [5.41, 5.74) is 1.96. The maximum Gasteiger partial charge on any atom is 0.262 e. The first kappa shape index (κ1) is 19.3. The molecule has 0 spiro atoms. The summed E-state index contributed by atoms with van der Waals surface area (Å²) in [4.78, 5) is 11.4. The molecule has 0 radical (unpaired) electrons. The Balaban J connectivity index is 2.47. The number of hydrogen-bond donors (Lipinski definition) is 2. The maximum absolute atomic E-state index is 12.9. The van der Waals surface area contributed by atoms with E-state index in [2.05, 4.69) is 26.0 Å². The van der Waals surface area contributed by atoms with Crippen molar-refractivity contribution < 1.29 is 17.9 Å². The third kappa shape index (κ3) is 4.52. The van der Waals surface area contributed by atoms with E-state index in [0.29, 0.717) is 28.3 Å². The molecule has 0 saturated heterocycles. The molecule has 0 aliphatic heterocycles. The van der Waals surface area contributed by atoms with Crippen LogP contribution >= 0.6 is 15.9 Å². The zero-order chi connectivity index (χ0) is 18.8. The number of halogens is 1. The minimum atomic E-state index is -3.83. The van der Waals surface area contributed by atoms with Gasteiger partial charge in [-0.2, -0.15) is 0 Å². The second-order valence-corrected chi connectivity index (χ2v) is 8.11. The molecule has 0 saturated carbocycles. The number of ether oxygens (including phenoxy) is 1. The van der Waals surface area contributed by atoms with Crippen LogP contribution in [0.3, 0.4) is 0 Å². The lowest BCUT2D eigenvalue weighted by Crippen LogP contribution is -2.17. The topological polar surface area (TPSA) is 84.5 Å². The van der Waals surface area contributed by atoms with Crippen LogP contribution in [-0.2, 0) is 14.8 Å². The molecule has 6 nitrogen and oxygen atoms in total. The van der Waals surface area contributed by atoms with Crippen molar-refractivity contribution in [2.75, 3.05) is 17.1 Å². The first-order valence-electron chi connectivity index (χ1n) is 7.39. The predicted octanol–water partition coefficient (Wildman–Crippen LogP) is 3.83. The highest BCUT2D eigenvalue weighted by Gasteiger charge is 2.22. The lowest BCUT2D eigenvalue weighted by molar-refractivity contribution is -0.114. The third-order valence-corrected chi connectivity index (χ3v) is 5.62. The number of anilines is 2. The summed E-state index contributed by atoms with van der Waals surface area (Å²) in [5, 5.41) is 2.66. The monoisotopic (exact) mass is 426 g/mol. The molecule has 134 valence electrons. The number of rotatable bonds is 5. The van der Waals surface area contributed by atoms with Gasteiger partial charge in [-0.25, -0.2) is 8.42 Å². The van der Waals surface area contributed by atoms with Crippen LogP contribution in [0.5, 0.6) is 5.75 Å². The number of nitrogens with one attached hydrogen (secondary N) is 2. The van der Waals surface area contributed by atoms with Crippen LogP contribution in [0.4, 0.5) is 11.4 Å². The van der Waals surface area contributed by atoms with E-state index in [1.54, 1.807) is 44.2 Å². The standard InChI is InChI=1S/C17H19BrN2O4S/c1-10-7-14(19-12(3)21)8-11(2)17(10)25(22,23)20-15-9-13(18)5-6-16(15)24-4/h5-9,20H,1-4H3,(H,19,21). The Morgan fingerprint density at radius 3 is 2.24 bits per heavy atom. The molecular weight excluding hydrogens is 408 g/mol. The van der Waals surface area contributed by atoms with E-state index in [9.17, 15) is 13.2 Å². The van der Waals surface area contributed by atoms with Gasteiger partial charge in [-0.3, -0.25) is 9.52 Å². The van der Waals surface area contributed by atoms with Gasteiger partial charge in [0.25, 0.3) is 10.0 Å². The van der Waals surface area contributed by atoms with Gasteiger partial charge >= 0.3 is 0 Å². The van der Waals surface area contributed by atoms with E-state index in [1.807, 2.05) is 0 Å². The van der Waals surface area contributed by atoms with Crippen LogP contribution < -0.4 is 14.8 Å². The molecule has 8 heteroatoms. The third-order valence-electron chi connectivity index (χ3n) is 3.46. The van der Waals surface area contributed by atoms with Crippen molar-refractivity contribution in [1.82, 2.24) is 0 Å². The number of hydrogen-bond acceptors (Lipinski definition) is 4. The summed E-state index contributed by atoms with van der Waals surface area (Å²) in [5.74, 6) is 0.198. The predicted molar refractivity (Wildman–Crippen MR) is 102 cm³/mol. The van der Waals surface area contributed by atoms with E-state index < -0.39 is 10.0 Å². The number of carbonyl (C=O) groups excluding carboxylic acids is 1.